The molecule has 9 nitrogen and oxygen atoms in total. The smallest absolute Gasteiger partial charge is 0.389 e. The molecular formula is C17H20N4O5S. The van der Waals surface area contributed by atoms with Crippen molar-refractivity contribution in [1.82, 2.24) is 9.78 Å². The molecular weight excluding hydrogens is 372 g/mol. The van der Waals surface area contributed by atoms with Gasteiger partial charge in [-0.2, -0.15) is 4.68 Å². The molecule has 10 heteroatoms. The minimum atomic E-state index is -0.621. The number of thiophene rings is 1. The van der Waals surface area contributed by atoms with E-state index in [4.69, 9.17) is 4.74 Å². The third-order valence-electron chi connectivity index (χ3n) is 4.18. The Kier molecular flexibility index (Phi) is 5.84. The number of hydrogen-bond donors (Lipinski definition) is 1. The standard InChI is InChI=1S/C17H20N4O5S/c1-2-9-26-17(23)15-11-5-3-4-6-12(11)27-16(15)18-14(22)10-20-8-7-13(19-20)21(24)25/h7-8H,2-6,9-10H2,1H3,(H,18,22). The number of amides is 1. The Bertz CT molecular complexity index is 873. The summed E-state index contributed by atoms with van der Waals surface area (Å²) in [7, 11) is 0. The monoisotopic (exact) mass is 392 g/mol. The maximum atomic E-state index is 12.5. The molecule has 0 bridgehead atoms. The quantitative estimate of drug-likeness (QED) is 0.440. The van der Waals surface area contributed by atoms with E-state index in [0.717, 1.165) is 42.5 Å². The molecule has 3 rings (SSSR count). The van der Waals surface area contributed by atoms with Crippen LogP contribution in [-0.2, 0) is 28.9 Å². The van der Waals surface area contributed by atoms with Gasteiger partial charge in [-0.3, -0.25) is 4.79 Å². The van der Waals surface area contributed by atoms with Crippen LogP contribution in [0.15, 0.2) is 12.3 Å². The highest BCUT2D eigenvalue weighted by molar-refractivity contribution is 7.17. The average Bonchev–Trinajstić information content (AvgIpc) is 3.23. The van der Waals surface area contributed by atoms with Crippen molar-refractivity contribution in [3.8, 4) is 0 Å². The molecule has 2 aromatic rings. The van der Waals surface area contributed by atoms with E-state index >= 15 is 0 Å². The zero-order chi connectivity index (χ0) is 19.4. The number of aryl methyl sites for hydroxylation is 1. The minimum absolute atomic E-state index is 0.181. The zero-order valence-electron chi connectivity index (χ0n) is 14.9. The third kappa shape index (κ3) is 4.33. The van der Waals surface area contributed by atoms with Crippen LogP contribution in [0.4, 0.5) is 10.8 Å². The second-order valence-corrected chi connectivity index (χ2v) is 7.33. The molecule has 0 aliphatic heterocycles. The molecule has 144 valence electrons. The third-order valence-corrected chi connectivity index (χ3v) is 5.39. The number of nitrogens with one attached hydrogen (secondary N) is 1. The fourth-order valence-corrected chi connectivity index (χ4v) is 4.28. The summed E-state index contributed by atoms with van der Waals surface area (Å²) in [6.07, 6.45) is 5.83. The van der Waals surface area contributed by atoms with Crippen molar-refractivity contribution in [3.63, 3.8) is 0 Å². The van der Waals surface area contributed by atoms with Crippen molar-refractivity contribution in [3.05, 3.63) is 38.4 Å². The van der Waals surface area contributed by atoms with Gasteiger partial charge in [-0.05, 0) is 42.6 Å². The molecule has 1 aliphatic carbocycles. The van der Waals surface area contributed by atoms with Crippen molar-refractivity contribution in [2.24, 2.45) is 0 Å². The number of nitrogens with zero attached hydrogens (tertiary/aromatic N) is 3. The Morgan fingerprint density at radius 3 is 2.89 bits per heavy atom. The highest BCUT2D eigenvalue weighted by atomic mass is 32.1. The Balaban J connectivity index is 1.78. The summed E-state index contributed by atoms with van der Waals surface area (Å²) in [5.41, 5.74) is 1.42. The van der Waals surface area contributed by atoms with Crippen LogP contribution in [0.25, 0.3) is 0 Å². The molecule has 0 fully saturated rings. The molecule has 1 N–H and O–H groups in total. The Labute approximate surface area is 159 Å². The van der Waals surface area contributed by atoms with Gasteiger partial charge in [-0.15, -0.1) is 11.3 Å². The summed E-state index contributed by atoms with van der Waals surface area (Å²) < 4.78 is 6.49. The van der Waals surface area contributed by atoms with E-state index in [1.54, 1.807) is 0 Å². The zero-order valence-corrected chi connectivity index (χ0v) is 15.7. The maximum absolute atomic E-state index is 12.5. The summed E-state index contributed by atoms with van der Waals surface area (Å²) in [4.78, 5) is 36.1. The number of nitro groups is 1. The number of hydrogen-bond acceptors (Lipinski definition) is 7. The number of fused-ring (bicyclic) bond motifs is 1. The maximum Gasteiger partial charge on any atom is 0.389 e. The molecule has 0 spiro atoms. The normalized spacial score (nSPS) is 13.1. The molecule has 0 radical (unpaired) electrons. The Hall–Kier alpha value is -2.75. The second kappa shape index (κ2) is 8.30. The average molecular weight is 392 g/mol. The van der Waals surface area contributed by atoms with Crippen LogP contribution < -0.4 is 5.32 Å². The van der Waals surface area contributed by atoms with Gasteiger partial charge in [0.2, 0.25) is 5.91 Å². The second-order valence-electron chi connectivity index (χ2n) is 6.23. The molecule has 27 heavy (non-hydrogen) atoms. The van der Waals surface area contributed by atoms with E-state index in [1.165, 1.54) is 28.3 Å². The number of anilines is 1. The van der Waals surface area contributed by atoms with E-state index in [0.29, 0.717) is 17.2 Å². The number of carbonyl (C=O) groups is 2. The number of rotatable bonds is 7. The van der Waals surface area contributed by atoms with Crippen LogP contribution in [0, 0.1) is 10.1 Å². The van der Waals surface area contributed by atoms with Gasteiger partial charge in [0.15, 0.2) is 0 Å². The van der Waals surface area contributed by atoms with Gasteiger partial charge in [0.05, 0.1) is 29.5 Å². The Morgan fingerprint density at radius 2 is 2.19 bits per heavy atom. The fourth-order valence-electron chi connectivity index (χ4n) is 2.99. The summed E-state index contributed by atoms with van der Waals surface area (Å²) in [5.74, 6) is -1.14. The van der Waals surface area contributed by atoms with Crippen LogP contribution >= 0.6 is 11.3 Å². The predicted molar refractivity (Wildman–Crippen MR) is 99.0 cm³/mol. The van der Waals surface area contributed by atoms with Crippen molar-refractivity contribution in [1.29, 1.82) is 0 Å². The first-order chi connectivity index (χ1) is 13.0. The molecule has 0 unspecified atom stereocenters. The lowest BCUT2D eigenvalue weighted by molar-refractivity contribution is -0.389. The van der Waals surface area contributed by atoms with Crippen LogP contribution in [0.2, 0.25) is 0 Å². The molecule has 2 aromatic heterocycles. The van der Waals surface area contributed by atoms with Crippen LogP contribution in [0.3, 0.4) is 0 Å². The molecule has 1 aliphatic rings. The lowest BCUT2D eigenvalue weighted by atomic mass is 9.95. The van der Waals surface area contributed by atoms with Crippen LogP contribution in [0.5, 0.6) is 0 Å². The van der Waals surface area contributed by atoms with Crippen molar-refractivity contribution < 1.29 is 19.2 Å². The van der Waals surface area contributed by atoms with Crippen LogP contribution in [-0.4, -0.2) is 33.2 Å². The molecule has 1 amide bonds. The van der Waals surface area contributed by atoms with E-state index < -0.39 is 16.8 Å². The van der Waals surface area contributed by atoms with Gasteiger partial charge < -0.3 is 20.2 Å². The first kappa shape index (κ1) is 19.0. The topological polar surface area (TPSA) is 116 Å². The van der Waals surface area contributed by atoms with E-state index in [2.05, 4.69) is 10.4 Å². The lowest BCUT2D eigenvalue weighted by Gasteiger charge is -2.12. The van der Waals surface area contributed by atoms with Crippen molar-refractivity contribution >= 4 is 34.0 Å². The van der Waals surface area contributed by atoms with Gasteiger partial charge >= 0.3 is 11.8 Å². The van der Waals surface area contributed by atoms with Gasteiger partial charge in [0.1, 0.15) is 11.5 Å². The SMILES string of the molecule is CCCOC(=O)c1c(NC(=O)Cn2ccc([N+](=O)[O-])n2)sc2c1CCCC2. The minimum Gasteiger partial charge on any atom is -0.462 e. The van der Waals surface area contributed by atoms with Crippen molar-refractivity contribution in [2.45, 2.75) is 45.6 Å². The van der Waals surface area contributed by atoms with Crippen LogP contribution in [0.1, 0.15) is 47.0 Å². The summed E-state index contributed by atoms with van der Waals surface area (Å²) in [6.45, 7) is 2.07. The predicted octanol–water partition coefficient (Wildman–Crippen LogP) is 2.94. The molecule has 0 saturated carbocycles. The van der Waals surface area contributed by atoms with Gasteiger partial charge in [0.25, 0.3) is 0 Å². The van der Waals surface area contributed by atoms with Gasteiger partial charge in [-0.1, -0.05) is 6.92 Å². The lowest BCUT2D eigenvalue weighted by Crippen LogP contribution is -2.20. The molecule has 0 atom stereocenters. The van der Waals surface area contributed by atoms with E-state index in [9.17, 15) is 19.7 Å². The summed E-state index contributed by atoms with van der Waals surface area (Å²) in [6, 6.07) is 1.23. The first-order valence-electron chi connectivity index (χ1n) is 8.79. The van der Waals surface area contributed by atoms with Crippen molar-refractivity contribution in [2.75, 3.05) is 11.9 Å². The van der Waals surface area contributed by atoms with Gasteiger partial charge in [0, 0.05) is 4.88 Å². The first-order valence-corrected chi connectivity index (χ1v) is 9.60. The largest absolute Gasteiger partial charge is 0.462 e. The Morgan fingerprint density at radius 1 is 1.41 bits per heavy atom. The number of aromatic nitrogens is 2. The number of ether oxygens (including phenoxy) is 1. The highest BCUT2D eigenvalue weighted by Gasteiger charge is 2.27. The number of carbonyl (C=O) groups excluding carboxylic acids is 2. The van der Waals surface area contributed by atoms with Gasteiger partial charge in [-0.25, -0.2) is 4.79 Å². The molecule has 0 aromatic carbocycles. The van der Waals surface area contributed by atoms with E-state index in [-0.39, 0.29) is 12.4 Å². The molecule has 2 heterocycles. The van der Waals surface area contributed by atoms with E-state index in [1.807, 2.05) is 6.92 Å². The summed E-state index contributed by atoms with van der Waals surface area (Å²) in [5, 5.41) is 17.7. The highest BCUT2D eigenvalue weighted by Crippen LogP contribution is 2.38. The number of esters is 1. The fraction of sp³-hybridized carbons (Fsp3) is 0.471. The molecule has 0 saturated heterocycles. The summed E-state index contributed by atoms with van der Waals surface area (Å²) >= 11 is 1.40.